The molecular formula is C16H15N3O. The van der Waals surface area contributed by atoms with Gasteiger partial charge >= 0.3 is 0 Å². The van der Waals surface area contributed by atoms with Gasteiger partial charge in [0, 0.05) is 18.4 Å². The summed E-state index contributed by atoms with van der Waals surface area (Å²) in [7, 11) is 1.72. The molecule has 2 N–H and O–H groups in total. The Morgan fingerprint density at radius 2 is 1.95 bits per heavy atom. The summed E-state index contributed by atoms with van der Waals surface area (Å²) in [6.07, 6.45) is 0.293. The molecule has 0 saturated heterocycles. The van der Waals surface area contributed by atoms with Gasteiger partial charge in [-0.2, -0.15) is 5.26 Å². The van der Waals surface area contributed by atoms with Gasteiger partial charge in [-0.15, -0.1) is 0 Å². The van der Waals surface area contributed by atoms with Gasteiger partial charge < -0.3 is 10.6 Å². The summed E-state index contributed by atoms with van der Waals surface area (Å²) in [5, 5.41) is 8.75. The van der Waals surface area contributed by atoms with Gasteiger partial charge in [0.2, 0.25) is 5.91 Å². The van der Waals surface area contributed by atoms with Gasteiger partial charge in [0.15, 0.2) is 0 Å². The molecule has 0 saturated carbocycles. The van der Waals surface area contributed by atoms with E-state index in [-0.39, 0.29) is 5.91 Å². The molecule has 100 valence electrons. The number of amides is 1. The van der Waals surface area contributed by atoms with Crippen molar-refractivity contribution in [3.05, 3.63) is 59.7 Å². The number of carbonyl (C=O) groups excluding carboxylic acids is 1. The number of likely N-dealkylation sites (N-methyl/N-ethyl adjacent to an activating group) is 1. The van der Waals surface area contributed by atoms with E-state index in [1.165, 1.54) is 0 Å². The van der Waals surface area contributed by atoms with Crippen LogP contribution in [0.4, 0.5) is 11.4 Å². The summed E-state index contributed by atoms with van der Waals surface area (Å²) >= 11 is 0. The van der Waals surface area contributed by atoms with Gasteiger partial charge in [-0.1, -0.05) is 12.1 Å². The predicted octanol–water partition coefficient (Wildman–Crippen LogP) is 2.35. The predicted molar refractivity (Wildman–Crippen MR) is 79.1 cm³/mol. The van der Waals surface area contributed by atoms with Crippen molar-refractivity contribution in [2.75, 3.05) is 17.7 Å². The Balaban J connectivity index is 2.10. The van der Waals surface area contributed by atoms with Crippen molar-refractivity contribution in [1.82, 2.24) is 0 Å². The molecule has 2 aromatic rings. The first-order chi connectivity index (χ1) is 9.60. The molecular weight excluding hydrogens is 250 g/mol. The molecule has 0 radical (unpaired) electrons. The third kappa shape index (κ3) is 3.15. The van der Waals surface area contributed by atoms with Crippen LogP contribution in [0.3, 0.4) is 0 Å². The number of benzene rings is 2. The Bertz CT molecular complexity index is 656. The largest absolute Gasteiger partial charge is 0.399 e. The fraction of sp³-hybridized carbons (Fsp3) is 0.125. The maximum Gasteiger partial charge on any atom is 0.231 e. The SMILES string of the molecule is CN(C(=O)Cc1cccc(N)c1)c1ccc(C#N)cc1. The fourth-order valence-corrected chi connectivity index (χ4v) is 1.90. The van der Waals surface area contributed by atoms with E-state index in [0.717, 1.165) is 11.3 Å². The smallest absolute Gasteiger partial charge is 0.231 e. The first-order valence-corrected chi connectivity index (χ1v) is 6.21. The second-order valence-corrected chi connectivity index (χ2v) is 4.53. The molecule has 0 aliphatic heterocycles. The van der Waals surface area contributed by atoms with E-state index < -0.39 is 0 Å². The molecule has 0 atom stereocenters. The molecule has 0 spiro atoms. The van der Waals surface area contributed by atoms with Gasteiger partial charge in [0.25, 0.3) is 0 Å². The van der Waals surface area contributed by atoms with Crippen LogP contribution in [0.1, 0.15) is 11.1 Å². The minimum absolute atomic E-state index is 0.0275. The zero-order valence-corrected chi connectivity index (χ0v) is 11.2. The number of carbonyl (C=O) groups is 1. The van der Waals surface area contributed by atoms with Crippen LogP contribution >= 0.6 is 0 Å². The Labute approximate surface area is 118 Å². The zero-order valence-electron chi connectivity index (χ0n) is 11.2. The summed E-state index contributed by atoms with van der Waals surface area (Å²) < 4.78 is 0. The summed E-state index contributed by atoms with van der Waals surface area (Å²) in [5.41, 5.74) is 8.57. The van der Waals surface area contributed by atoms with Crippen LogP contribution < -0.4 is 10.6 Å². The Kier molecular flexibility index (Phi) is 4.02. The lowest BCUT2D eigenvalue weighted by atomic mass is 10.1. The average Bonchev–Trinajstić information content (AvgIpc) is 2.46. The number of hydrogen-bond donors (Lipinski definition) is 1. The molecule has 4 nitrogen and oxygen atoms in total. The number of nitrogens with zero attached hydrogens (tertiary/aromatic N) is 2. The Morgan fingerprint density at radius 3 is 2.55 bits per heavy atom. The minimum atomic E-state index is -0.0275. The van der Waals surface area contributed by atoms with E-state index in [2.05, 4.69) is 6.07 Å². The monoisotopic (exact) mass is 265 g/mol. The number of rotatable bonds is 3. The number of nitriles is 1. The van der Waals surface area contributed by atoms with Crippen LogP contribution in [0.25, 0.3) is 0 Å². The van der Waals surface area contributed by atoms with Crippen LogP contribution in [-0.4, -0.2) is 13.0 Å². The third-order valence-corrected chi connectivity index (χ3v) is 3.06. The molecule has 0 aromatic heterocycles. The van der Waals surface area contributed by atoms with Gasteiger partial charge in [0.1, 0.15) is 0 Å². The van der Waals surface area contributed by atoms with Gasteiger partial charge in [-0.05, 0) is 42.0 Å². The molecule has 0 unspecified atom stereocenters. The van der Waals surface area contributed by atoms with Crippen LogP contribution in [0.5, 0.6) is 0 Å². The molecule has 2 aromatic carbocycles. The lowest BCUT2D eigenvalue weighted by molar-refractivity contribution is -0.117. The minimum Gasteiger partial charge on any atom is -0.399 e. The van der Waals surface area contributed by atoms with Gasteiger partial charge in [-0.25, -0.2) is 0 Å². The Hall–Kier alpha value is -2.80. The van der Waals surface area contributed by atoms with Crippen LogP contribution in [0.2, 0.25) is 0 Å². The van der Waals surface area contributed by atoms with E-state index in [4.69, 9.17) is 11.0 Å². The quantitative estimate of drug-likeness (QED) is 0.866. The molecule has 0 aliphatic carbocycles. The van der Waals surface area contributed by atoms with Gasteiger partial charge in [0.05, 0.1) is 18.1 Å². The molecule has 2 rings (SSSR count). The van der Waals surface area contributed by atoms with E-state index >= 15 is 0 Å². The molecule has 0 bridgehead atoms. The van der Waals surface area contributed by atoms with Crippen molar-refractivity contribution < 1.29 is 4.79 Å². The lowest BCUT2D eigenvalue weighted by Crippen LogP contribution is -2.27. The van der Waals surface area contributed by atoms with Crippen molar-refractivity contribution in [1.29, 1.82) is 5.26 Å². The second kappa shape index (κ2) is 5.89. The van der Waals surface area contributed by atoms with Crippen molar-refractivity contribution in [2.24, 2.45) is 0 Å². The van der Waals surface area contributed by atoms with Crippen molar-refractivity contribution in [3.63, 3.8) is 0 Å². The highest BCUT2D eigenvalue weighted by Gasteiger charge is 2.11. The summed E-state index contributed by atoms with van der Waals surface area (Å²) in [4.78, 5) is 13.8. The molecule has 20 heavy (non-hydrogen) atoms. The molecule has 4 heteroatoms. The summed E-state index contributed by atoms with van der Waals surface area (Å²) in [6, 6.07) is 16.3. The lowest BCUT2D eigenvalue weighted by Gasteiger charge is -2.17. The summed E-state index contributed by atoms with van der Waals surface area (Å²) in [5.74, 6) is -0.0275. The molecule has 1 amide bonds. The Morgan fingerprint density at radius 1 is 1.25 bits per heavy atom. The van der Waals surface area contributed by atoms with Crippen molar-refractivity contribution >= 4 is 17.3 Å². The van der Waals surface area contributed by atoms with Crippen LogP contribution in [-0.2, 0) is 11.2 Å². The van der Waals surface area contributed by atoms with E-state index in [1.807, 2.05) is 12.1 Å². The van der Waals surface area contributed by atoms with E-state index in [1.54, 1.807) is 48.3 Å². The first-order valence-electron chi connectivity index (χ1n) is 6.21. The highest BCUT2D eigenvalue weighted by molar-refractivity contribution is 5.94. The number of hydrogen-bond acceptors (Lipinski definition) is 3. The van der Waals surface area contributed by atoms with Gasteiger partial charge in [-0.3, -0.25) is 4.79 Å². The number of nitrogen functional groups attached to an aromatic ring is 1. The average molecular weight is 265 g/mol. The topological polar surface area (TPSA) is 70.1 Å². The number of anilines is 2. The molecule has 0 aliphatic rings. The zero-order chi connectivity index (χ0) is 14.5. The standard InChI is InChI=1S/C16H15N3O/c1-19(15-7-5-12(11-17)6-8-15)16(20)10-13-3-2-4-14(18)9-13/h2-9H,10,18H2,1H3. The normalized spacial score (nSPS) is 9.80. The molecule has 0 fully saturated rings. The summed E-state index contributed by atoms with van der Waals surface area (Å²) in [6.45, 7) is 0. The molecule has 0 heterocycles. The highest BCUT2D eigenvalue weighted by atomic mass is 16.2. The fourth-order valence-electron chi connectivity index (χ4n) is 1.90. The third-order valence-electron chi connectivity index (χ3n) is 3.06. The maximum absolute atomic E-state index is 12.2. The maximum atomic E-state index is 12.2. The second-order valence-electron chi connectivity index (χ2n) is 4.53. The van der Waals surface area contributed by atoms with Crippen LogP contribution in [0, 0.1) is 11.3 Å². The van der Waals surface area contributed by atoms with Crippen LogP contribution in [0.15, 0.2) is 48.5 Å². The van der Waals surface area contributed by atoms with Crippen molar-refractivity contribution in [3.8, 4) is 6.07 Å². The first kappa shape index (κ1) is 13.6. The van der Waals surface area contributed by atoms with E-state index in [9.17, 15) is 4.79 Å². The highest BCUT2D eigenvalue weighted by Crippen LogP contribution is 2.15. The van der Waals surface area contributed by atoms with E-state index in [0.29, 0.717) is 17.7 Å². The number of nitrogens with two attached hydrogens (primary N) is 1. The van der Waals surface area contributed by atoms with Crippen molar-refractivity contribution in [2.45, 2.75) is 6.42 Å².